The Morgan fingerprint density at radius 3 is 2.96 bits per heavy atom. The van der Waals surface area contributed by atoms with Crippen molar-refractivity contribution < 1.29 is 4.79 Å². The number of hydrogen-bond acceptors (Lipinski definition) is 3. The molecule has 1 heterocycles. The van der Waals surface area contributed by atoms with Crippen LogP contribution in [0.15, 0.2) is 41.8 Å². The lowest BCUT2D eigenvalue weighted by Gasteiger charge is -2.27. The maximum Gasteiger partial charge on any atom is 0.234 e. The Morgan fingerprint density at radius 2 is 2.17 bits per heavy atom. The number of carbonyl (C=O) groups is 1. The molecule has 0 fully saturated rings. The number of benzene rings is 1. The number of aryl methyl sites for hydroxylation is 1. The van der Waals surface area contributed by atoms with Crippen molar-refractivity contribution in [1.29, 1.82) is 0 Å². The van der Waals surface area contributed by atoms with E-state index in [1.54, 1.807) is 11.3 Å². The minimum atomic E-state index is 0.130. The Kier molecular flexibility index (Phi) is 5.47. The van der Waals surface area contributed by atoms with Gasteiger partial charge >= 0.3 is 0 Å². The zero-order valence-corrected chi connectivity index (χ0v) is 14.4. The molecule has 1 aromatic heterocycles. The van der Waals surface area contributed by atoms with Crippen LogP contribution >= 0.6 is 11.3 Å². The molecule has 0 saturated carbocycles. The van der Waals surface area contributed by atoms with Crippen LogP contribution in [0.4, 0.5) is 0 Å². The predicted molar refractivity (Wildman–Crippen MR) is 95.5 cm³/mol. The standard InChI is InChI=1S/C19H24N2OS/c1-2-21(13-16-9-6-12-23-16)14-19(22)20-18-11-5-8-15-7-3-4-10-17(15)18/h3-4,6-7,9-10,12,18H,2,5,8,11,13-14H2,1H3,(H,20,22)/t18-/m1/s1. The van der Waals surface area contributed by atoms with E-state index in [2.05, 4.69) is 58.9 Å². The molecule has 0 spiro atoms. The number of hydrogen-bond donors (Lipinski definition) is 1. The van der Waals surface area contributed by atoms with E-state index in [9.17, 15) is 4.79 Å². The van der Waals surface area contributed by atoms with Gasteiger partial charge in [-0.05, 0) is 48.4 Å². The van der Waals surface area contributed by atoms with Crippen molar-refractivity contribution in [3.05, 3.63) is 57.8 Å². The smallest absolute Gasteiger partial charge is 0.234 e. The third-order valence-electron chi connectivity index (χ3n) is 4.48. The molecule has 3 rings (SSSR count). The maximum atomic E-state index is 12.5. The first kappa shape index (κ1) is 16.2. The Labute approximate surface area is 142 Å². The molecule has 0 aliphatic heterocycles. The minimum absolute atomic E-state index is 0.130. The molecule has 1 aliphatic carbocycles. The molecule has 122 valence electrons. The number of thiophene rings is 1. The summed E-state index contributed by atoms with van der Waals surface area (Å²) in [5.41, 5.74) is 2.68. The monoisotopic (exact) mass is 328 g/mol. The fourth-order valence-corrected chi connectivity index (χ4v) is 4.00. The Balaban J connectivity index is 1.59. The molecule has 23 heavy (non-hydrogen) atoms. The molecule has 2 aromatic rings. The van der Waals surface area contributed by atoms with Crippen molar-refractivity contribution in [2.24, 2.45) is 0 Å². The molecule has 0 unspecified atom stereocenters. The van der Waals surface area contributed by atoms with Crippen molar-refractivity contribution in [3.8, 4) is 0 Å². The molecular formula is C19H24N2OS. The zero-order chi connectivity index (χ0) is 16.1. The first-order valence-electron chi connectivity index (χ1n) is 8.38. The minimum Gasteiger partial charge on any atom is -0.348 e. The van der Waals surface area contributed by atoms with Crippen LogP contribution in [0.1, 0.15) is 41.8 Å². The average molecular weight is 328 g/mol. The molecule has 1 aliphatic rings. The highest BCUT2D eigenvalue weighted by molar-refractivity contribution is 7.09. The summed E-state index contributed by atoms with van der Waals surface area (Å²) in [4.78, 5) is 16.0. The van der Waals surface area contributed by atoms with E-state index in [1.165, 1.54) is 16.0 Å². The molecule has 0 bridgehead atoms. The van der Waals surface area contributed by atoms with Crippen LogP contribution in [0, 0.1) is 0 Å². The van der Waals surface area contributed by atoms with E-state index >= 15 is 0 Å². The van der Waals surface area contributed by atoms with Crippen molar-refractivity contribution in [1.82, 2.24) is 10.2 Å². The van der Waals surface area contributed by atoms with Crippen LogP contribution in [0.3, 0.4) is 0 Å². The largest absolute Gasteiger partial charge is 0.348 e. The van der Waals surface area contributed by atoms with Crippen LogP contribution < -0.4 is 5.32 Å². The second kappa shape index (κ2) is 7.75. The summed E-state index contributed by atoms with van der Waals surface area (Å²) < 4.78 is 0. The van der Waals surface area contributed by atoms with Gasteiger partial charge in [-0.3, -0.25) is 9.69 Å². The second-order valence-electron chi connectivity index (χ2n) is 6.09. The molecule has 4 heteroatoms. The second-order valence-corrected chi connectivity index (χ2v) is 7.13. The topological polar surface area (TPSA) is 32.3 Å². The van der Waals surface area contributed by atoms with Crippen LogP contribution in [-0.2, 0) is 17.8 Å². The highest BCUT2D eigenvalue weighted by Crippen LogP contribution is 2.29. The van der Waals surface area contributed by atoms with Crippen molar-refractivity contribution in [3.63, 3.8) is 0 Å². The summed E-state index contributed by atoms with van der Waals surface area (Å²) >= 11 is 1.75. The fraction of sp³-hybridized carbons (Fsp3) is 0.421. The normalized spacial score (nSPS) is 17.0. The van der Waals surface area contributed by atoms with Crippen molar-refractivity contribution >= 4 is 17.2 Å². The first-order chi connectivity index (χ1) is 11.3. The molecular weight excluding hydrogens is 304 g/mol. The summed E-state index contributed by atoms with van der Waals surface area (Å²) in [6, 6.07) is 12.9. The number of fused-ring (bicyclic) bond motifs is 1. The Morgan fingerprint density at radius 1 is 1.30 bits per heavy atom. The van der Waals surface area contributed by atoms with Crippen LogP contribution in [0.5, 0.6) is 0 Å². The summed E-state index contributed by atoms with van der Waals surface area (Å²) in [6.45, 7) is 4.30. The van der Waals surface area contributed by atoms with Crippen molar-refractivity contribution in [2.75, 3.05) is 13.1 Å². The molecule has 1 N–H and O–H groups in total. The number of nitrogens with one attached hydrogen (secondary N) is 1. The lowest BCUT2D eigenvalue weighted by atomic mass is 9.88. The van der Waals surface area contributed by atoms with Crippen LogP contribution in [0.2, 0.25) is 0 Å². The fourth-order valence-electron chi connectivity index (χ4n) is 3.25. The molecule has 0 saturated heterocycles. The third-order valence-corrected chi connectivity index (χ3v) is 5.34. The Bertz CT molecular complexity index is 639. The van der Waals surface area contributed by atoms with Crippen LogP contribution in [-0.4, -0.2) is 23.9 Å². The van der Waals surface area contributed by atoms with E-state index in [0.29, 0.717) is 6.54 Å². The summed E-state index contributed by atoms with van der Waals surface area (Å²) in [5.74, 6) is 0.130. The van der Waals surface area contributed by atoms with E-state index in [4.69, 9.17) is 0 Å². The summed E-state index contributed by atoms with van der Waals surface area (Å²) in [6.07, 6.45) is 3.32. The quantitative estimate of drug-likeness (QED) is 0.875. The van der Waals surface area contributed by atoms with Gasteiger partial charge in [0.05, 0.1) is 12.6 Å². The highest BCUT2D eigenvalue weighted by Gasteiger charge is 2.22. The number of rotatable bonds is 6. The number of nitrogens with zero attached hydrogens (tertiary/aromatic N) is 1. The lowest BCUT2D eigenvalue weighted by Crippen LogP contribution is -2.39. The molecule has 0 radical (unpaired) electrons. The van der Waals surface area contributed by atoms with Gasteiger partial charge < -0.3 is 5.32 Å². The summed E-state index contributed by atoms with van der Waals surface area (Å²) in [7, 11) is 0. The maximum absolute atomic E-state index is 12.5. The summed E-state index contributed by atoms with van der Waals surface area (Å²) in [5, 5.41) is 5.33. The first-order valence-corrected chi connectivity index (χ1v) is 9.26. The van der Waals surface area contributed by atoms with Crippen LogP contribution in [0.25, 0.3) is 0 Å². The van der Waals surface area contributed by atoms with E-state index in [1.807, 2.05) is 0 Å². The molecule has 1 atom stereocenters. The van der Waals surface area contributed by atoms with E-state index < -0.39 is 0 Å². The number of amides is 1. The third kappa shape index (κ3) is 4.21. The molecule has 3 nitrogen and oxygen atoms in total. The van der Waals surface area contributed by atoms with Gasteiger partial charge in [-0.2, -0.15) is 0 Å². The molecule has 1 amide bonds. The van der Waals surface area contributed by atoms with Crippen molar-refractivity contribution in [2.45, 2.75) is 38.8 Å². The number of likely N-dealkylation sites (N-methyl/N-ethyl adjacent to an activating group) is 1. The van der Waals surface area contributed by atoms with Gasteiger partial charge in [-0.15, -0.1) is 11.3 Å². The zero-order valence-electron chi connectivity index (χ0n) is 13.6. The van der Waals surface area contributed by atoms with Gasteiger partial charge in [0.1, 0.15) is 0 Å². The van der Waals surface area contributed by atoms with Gasteiger partial charge in [-0.25, -0.2) is 0 Å². The van der Waals surface area contributed by atoms with Gasteiger partial charge in [0, 0.05) is 11.4 Å². The SMILES string of the molecule is CCN(CC(=O)N[C@@H]1CCCc2ccccc21)Cc1cccs1. The van der Waals surface area contributed by atoms with Gasteiger partial charge in [-0.1, -0.05) is 37.3 Å². The lowest BCUT2D eigenvalue weighted by molar-refractivity contribution is -0.123. The van der Waals surface area contributed by atoms with E-state index in [-0.39, 0.29) is 11.9 Å². The average Bonchev–Trinajstić information content (AvgIpc) is 3.07. The van der Waals surface area contributed by atoms with Gasteiger partial charge in [0.2, 0.25) is 5.91 Å². The Hall–Kier alpha value is -1.65. The van der Waals surface area contributed by atoms with Gasteiger partial charge in [0.15, 0.2) is 0 Å². The predicted octanol–water partition coefficient (Wildman–Crippen LogP) is 3.76. The molecule has 1 aromatic carbocycles. The number of carbonyl (C=O) groups excluding carboxylic acids is 1. The van der Waals surface area contributed by atoms with Gasteiger partial charge in [0.25, 0.3) is 0 Å². The highest BCUT2D eigenvalue weighted by atomic mass is 32.1. The van der Waals surface area contributed by atoms with E-state index in [0.717, 1.165) is 32.4 Å².